The number of aromatic nitrogens is 2. The number of methoxy groups -OCH3 is 1. The minimum atomic E-state index is -1.26. The van der Waals surface area contributed by atoms with Gasteiger partial charge in [-0.1, -0.05) is 19.9 Å². The van der Waals surface area contributed by atoms with Gasteiger partial charge in [-0.05, 0) is 36.1 Å². The lowest BCUT2D eigenvalue weighted by Crippen LogP contribution is -2.28. The fraction of sp³-hybridized carbons (Fsp3) is 0.346. The molecule has 1 N–H and O–H groups in total. The molecule has 0 aliphatic carbocycles. The Morgan fingerprint density at radius 3 is 2.71 bits per heavy atom. The van der Waals surface area contributed by atoms with Gasteiger partial charge in [0, 0.05) is 50.1 Å². The van der Waals surface area contributed by atoms with Gasteiger partial charge in [-0.25, -0.2) is 4.79 Å². The van der Waals surface area contributed by atoms with Crippen LogP contribution in [0.5, 0.6) is 17.4 Å². The summed E-state index contributed by atoms with van der Waals surface area (Å²) in [6, 6.07) is 9.13. The first kappa shape index (κ1) is 24.4. The molecule has 184 valence electrons. The summed E-state index contributed by atoms with van der Waals surface area (Å²) >= 11 is 0. The molecule has 35 heavy (non-hydrogen) atoms. The lowest BCUT2D eigenvalue weighted by atomic mass is 9.87. The number of hydrogen-bond acceptors (Lipinski definition) is 6. The van der Waals surface area contributed by atoms with E-state index in [2.05, 4.69) is 4.98 Å². The average molecular weight is 483 g/mol. The van der Waals surface area contributed by atoms with Gasteiger partial charge in [0.05, 0.1) is 12.3 Å². The quantitative estimate of drug-likeness (QED) is 0.348. The molecule has 0 saturated carbocycles. The molecule has 8 nitrogen and oxygen atoms in total. The molecule has 1 aliphatic heterocycles. The summed E-state index contributed by atoms with van der Waals surface area (Å²) in [5.74, 6) is -0.943. The number of nitrogens with zero attached hydrogens (tertiary/aromatic N) is 2. The summed E-state index contributed by atoms with van der Waals surface area (Å²) in [6.45, 7) is 5.01. The SMILES string of the molecule is COCCCOc1cc2c(cc1Oc1cccc(F)n1)-c1cc(=O)c(C(=O)O)cn1C(C(C)C)C2. The highest BCUT2D eigenvalue weighted by Crippen LogP contribution is 2.43. The Morgan fingerprint density at radius 2 is 2.03 bits per heavy atom. The third-order valence-electron chi connectivity index (χ3n) is 5.97. The molecule has 0 fully saturated rings. The van der Waals surface area contributed by atoms with Gasteiger partial charge in [0.15, 0.2) is 16.9 Å². The van der Waals surface area contributed by atoms with Crippen LogP contribution in [0.1, 0.15) is 42.2 Å². The Morgan fingerprint density at radius 1 is 1.23 bits per heavy atom. The minimum absolute atomic E-state index is 0.0566. The molecule has 1 unspecified atom stereocenters. The van der Waals surface area contributed by atoms with Gasteiger partial charge in [0.25, 0.3) is 0 Å². The Labute approximate surface area is 201 Å². The van der Waals surface area contributed by atoms with Crippen LogP contribution in [0, 0.1) is 11.9 Å². The van der Waals surface area contributed by atoms with Crippen LogP contribution in [0.3, 0.4) is 0 Å². The third kappa shape index (κ3) is 5.19. The number of carboxylic acid groups (broad SMARTS) is 1. The fourth-order valence-electron chi connectivity index (χ4n) is 4.23. The van der Waals surface area contributed by atoms with Crippen LogP contribution in [0.15, 0.2) is 47.4 Å². The van der Waals surface area contributed by atoms with E-state index in [0.29, 0.717) is 48.8 Å². The standard InChI is InChI=1S/C26H27FN2O6/c1-15(2)19-10-16-11-22(34-9-5-8-33-3)23(35-25-7-4-6-24(27)28-25)12-17(16)20-13-21(30)18(26(31)32)14-29(19)20/h4,6-7,11-15,19H,5,8-10H2,1-3H3,(H,31,32). The van der Waals surface area contributed by atoms with Gasteiger partial charge in [-0.2, -0.15) is 9.37 Å². The summed E-state index contributed by atoms with van der Waals surface area (Å²) < 4.78 is 32.5. The Balaban J connectivity index is 1.84. The highest BCUT2D eigenvalue weighted by molar-refractivity contribution is 5.88. The predicted molar refractivity (Wildman–Crippen MR) is 127 cm³/mol. The summed E-state index contributed by atoms with van der Waals surface area (Å²) in [5, 5.41) is 9.48. The second-order valence-electron chi connectivity index (χ2n) is 8.72. The van der Waals surface area contributed by atoms with E-state index in [9.17, 15) is 19.1 Å². The molecule has 9 heteroatoms. The maximum atomic E-state index is 13.7. The van der Waals surface area contributed by atoms with E-state index < -0.39 is 17.3 Å². The van der Waals surface area contributed by atoms with Crippen molar-refractivity contribution in [3.05, 3.63) is 69.9 Å². The molecule has 0 spiro atoms. The zero-order valence-electron chi connectivity index (χ0n) is 19.8. The number of carboxylic acids is 1. The molecule has 1 aromatic carbocycles. The number of fused-ring (bicyclic) bond motifs is 3. The number of benzene rings is 1. The smallest absolute Gasteiger partial charge is 0.341 e. The Bertz CT molecular complexity index is 1300. The van der Waals surface area contributed by atoms with Crippen LogP contribution in [-0.4, -0.2) is 41.0 Å². The number of hydrogen-bond donors (Lipinski definition) is 1. The van der Waals surface area contributed by atoms with E-state index >= 15 is 0 Å². The van der Waals surface area contributed by atoms with Crippen LogP contribution in [0.4, 0.5) is 4.39 Å². The Hall–Kier alpha value is -3.72. The van der Waals surface area contributed by atoms with E-state index in [-0.39, 0.29) is 23.4 Å². The zero-order valence-corrected chi connectivity index (χ0v) is 19.8. The second-order valence-corrected chi connectivity index (χ2v) is 8.72. The van der Waals surface area contributed by atoms with Crippen molar-refractivity contribution in [2.45, 2.75) is 32.7 Å². The average Bonchev–Trinajstić information content (AvgIpc) is 2.81. The van der Waals surface area contributed by atoms with Crippen molar-refractivity contribution in [2.75, 3.05) is 20.3 Å². The van der Waals surface area contributed by atoms with Gasteiger partial charge >= 0.3 is 5.97 Å². The number of aromatic carboxylic acids is 1. The molecule has 1 atom stereocenters. The number of halogens is 1. The van der Waals surface area contributed by atoms with Crippen LogP contribution < -0.4 is 14.9 Å². The van der Waals surface area contributed by atoms with Crippen molar-refractivity contribution in [3.63, 3.8) is 0 Å². The number of carbonyl (C=O) groups is 1. The molecule has 4 rings (SSSR count). The molecule has 3 aromatic rings. The van der Waals surface area contributed by atoms with E-state index in [1.54, 1.807) is 13.2 Å². The van der Waals surface area contributed by atoms with Gasteiger partial charge in [0.2, 0.25) is 11.8 Å². The van der Waals surface area contributed by atoms with Crippen LogP contribution >= 0.6 is 0 Å². The van der Waals surface area contributed by atoms with E-state index in [0.717, 1.165) is 5.56 Å². The van der Waals surface area contributed by atoms with Crippen molar-refractivity contribution < 1.29 is 28.5 Å². The van der Waals surface area contributed by atoms with Crippen molar-refractivity contribution in [2.24, 2.45) is 5.92 Å². The monoisotopic (exact) mass is 482 g/mol. The van der Waals surface area contributed by atoms with Crippen molar-refractivity contribution >= 4 is 5.97 Å². The van der Waals surface area contributed by atoms with E-state index in [1.165, 1.54) is 30.5 Å². The van der Waals surface area contributed by atoms with Gasteiger partial charge in [-0.15, -0.1) is 0 Å². The van der Waals surface area contributed by atoms with Crippen molar-refractivity contribution in [1.82, 2.24) is 9.55 Å². The number of rotatable bonds is 9. The second kappa shape index (κ2) is 10.3. The first-order valence-electron chi connectivity index (χ1n) is 11.4. The van der Waals surface area contributed by atoms with Crippen LogP contribution in [-0.2, 0) is 11.2 Å². The molecule has 1 aliphatic rings. The molecule has 0 radical (unpaired) electrons. The summed E-state index contributed by atoms with van der Waals surface area (Å²) in [6.07, 6.45) is 2.68. The van der Waals surface area contributed by atoms with Crippen molar-refractivity contribution in [3.8, 4) is 28.6 Å². The molecule has 3 heterocycles. The highest BCUT2D eigenvalue weighted by atomic mass is 19.1. The van der Waals surface area contributed by atoms with Gasteiger partial charge in [-0.3, -0.25) is 4.79 Å². The largest absolute Gasteiger partial charge is 0.490 e. The minimum Gasteiger partial charge on any atom is -0.490 e. The van der Waals surface area contributed by atoms with Gasteiger partial charge in [0.1, 0.15) is 5.56 Å². The maximum absolute atomic E-state index is 13.7. The molecule has 2 aromatic heterocycles. The zero-order chi connectivity index (χ0) is 25.1. The van der Waals surface area contributed by atoms with Gasteiger partial charge < -0.3 is 23.9 Å². The van der Waals surface area contributed by atoms with Crippen LogP contribution in [0.25, 0.3) is 11.3 Å². The fourth-order valence-corrected chi connectivity index (χ4v) is 4.23. The summed E-state index contributed by atoms with van der Waals surface area (Å²) in [4.78, 5) is 28.0. The molecular formula is C26H27FN2O6. The first-order valence-corrected chi connectivity index (χ1v) is 11.4. The summed E-state index contributed by atoms with van der Waals surface area (Å²) in [5.41, 5.74) is 1.39. The van der Waals surface area contributed by atoms with Crippen LogP contribution in [0.2, 0.25) is 0 Å². The van der Waals surface area contributed by atoms with E-state index in [4.69, 9.17) is 14.2 Å². The number of pyridine rings is 2. The summed E-state index contributed by atoms with van der Waals surface area (Å²) in [7, 11) is 1.62. The first-order chi connectivity index (χ1) is 16.8. The molecule has 0 bridgehead atoms. The lowest BCUT2D eigenvalue weighted by molar-refractivity contribution is 0.0694. The Kier molecular flexibility index (Phi) is 7.16. The van der Waals surface area contributed by atoms with Crippen molar-refractivity contribution in [1.29, 1.82) is 0 Å². The topological polar surface area (TPSA) is 99.9 Å². The molecular weight excluding hydrogens is 455 g/mol. The third-order valence-corrected chi connectivity index (χ3v) is 5.97. The molecule has 0 amide bonds. The molecule has 0 saturated heterocycles. The van der Waals surface area contributed by atoms with E-state index in [1.807, 2.05) is 24.5 Å². The predicted octanol–water partition coefficient (Wildman–Crippen LogP) is 4.71. The maximum Gasteiger partial charge on any atom is 0.341 e. The normalized spacial score (nSPS) is 14.4. The highest BCUT2D eigenvalue weighted by Gasteiger charge is 2.29. The lowest BCUT2D eigenvalue weighted by Gasteiger charge is -2.33. The number of ether oxygens (including phenoxy) is 3.